The van der Waals surface area contributed by atoms with Crippen LogP contribution in [0.25, 0.3) is 0 Å². The number of carbonyl (C=O) groups is 1. The lowest BCUT2D eigenvalue weighted by atomic mass is 10.3. The van der Waals surface area contributed by atoms with Crippen LogP contribution in [0, 0.1) is 0 Å². The Morgan fingerprint density at radius 1 is 1.31 bits per heavy atom. The standard InChI is InChI=1S/C10H8ClN3O2/c11-7-3-1-2-4-8(7)13-9(15)14-10-12-5-6-16-10/h1-6H,(H2,12,13,14,15). The van der Waals surface area contributed by atoms with Gasteiger partial charge in [0, 0.05) is 0 Å². The number of nitrogens with zero attached hydrogens (tertiary/aromatic N) is 1. The molecule has 0 atom stereocenters. The first-order chi connectivity index (χ1) is 7.75. The van der Waals surface area contributed by atoms with Gasteiger partial charge < -0.3 is 9.73 Å². The average molecular weight is 238 g/mol. The van der Waals surface area contributed by atoms with Crippen LogP contribution in [0.1, 0.15) is 0 Å². The third-order valence-electron chi connectivity index (χ3n) is 1.77. The van der Waals surface area contributed by atoms with E-state index in [2.05, 4.69) is 15.6 Å². The highest BCUT2D eigenvalue weighted by atomic mass is 35.5. The summed E-state index contributed by atoms with van der Waals surface area (Å²) in [5.41, 5.74) is 0.522. The van der Waals surface area contributed by atoms with Crippen molar-refractivity contribution in [1.82, 2.24) is 4.98 Å². The summed E-state index contributed by atoms with van der Waals surface area (Å²) in [5, 5.41) is 5.44. The van der Waals surface area contributed by atoms with Crippen LogP contribution < -0.4 is 10.6 Å². The summed E-state index contributed by atoms with van der Waals surface area (Å²) in [6.07, 6.45) is 2.80. The molecule has 0 fully saturated rings. The second-order valence-electron chi connectivity index (χ2n) is 2.90. The van der Waals surface area contributed by atoms with Gasteiger partial charge in [-0.2, -0.15) is 0 Å². The van der Waals surface area contributed by atoms with E-state index in [1.807, 2.05) is 0 Å². The van der Waals surface area contributed by atoms with Gasteiger partial charge >= 0.3 is 12.0 Å². The first kappa shape index (κ1) is 10.5. The van der Waals surface area contributed by atoms with Gasteiger partial charge in [0.15, 0.2) is 0 Å². The molecule has 0 saturated carbocycles. The van der Waals surface area contributed by atoms with Crippen molar-refractivity contribution in [3.8, 4) is 0 Å². The molecule has 1 aromatic heterocycles. The third kappa shape index (κ3) is 2.52. The van der Waals surface area contributed by atoms with Gasteiger partial charge in [0.25, 0.3) is 0 Å². The van der Waals surface area contributed by atoms with Crippen molar-refractivity contribution >= 4 is 29.3 Å². The topological polar surface area (TPSA) is 67.2 Å². The number of rotatable bonds is 2. The summed E-state index contributed by atoms with van der Waals surface area (Å²) >= 11 is 5.87. The van der Waals surface area contributed by atoms with Crippen LogP contribution in [0.5, 0.6) is 0 Å². The lowest BCUT2D eigenvalue weighted by Gasteiger charge is -2.05. The molecule has 5 nitrogen and oxygen atoms in total. The zero-order chi connectivity index (χ0) is 11.4. The minimum atomic E-state index is -0.462. The maximum absolute atomic E-state index is 11.5. The molecule has 0 bridgehead atoms. The Morgan fingerprint density at radius 2 is 2.12 bits per heavy atom. The van der Waals surface area contributed by atoms with E-state index in [0.29, 0.717) is 10.7 Å². The lowest BCUT2D eigenvalue weighted by Crippen LogP contribution is -2.19. The first-order valence-electron chi connectivity index (χ1n) is 4.48. The molecule has 0 aliphatic carbocycles. The zero-order valence-electron chi connectivity index (χ0n) is 8.11. The Labute approximate surface area is 96.4 Å². The number of hydrogen-bond acceptors (Lipinski definition) is 3. The highest BCUT2D eigenvalue weighted by molar-refractivity contribution is 6.33. The van der Waals surface area contributed by atoms with Crippen LogP contribution >= 0.6 is 11.6 Å². The second-order valence-corrected chi connectivity index (χ2v) is 3.30. The fraction of sp³-hybridized carbons (Fsp3) is 0. The molecule has 0 aliphatic rings. The number of halogens is 1. The van der Waals surface area contributed by atoms with Crippen LogP contribution in [0.3, 0.4) is 0 Å². The van der Waals surface area contributed by atoms with Gasteiger partial charge in [-0.1, -0.05) is 23.7 Å². The van der Waals surface area contributed by atoms with E-state index in [4.69, 9.17) is 16.0 Å². The highest BCUT2D eigenvalue weighted by Crippen LogP contribution is 2.20. The van der Waals surface area contributed by atoms with E-state index in [9.17, 15) is 4.79 Å². The van der Waals surface area contributed by atoms with Crippen LogP contribution in [-0.4, -0.2) is 11.0 Å². The average Bonchev–Trinajstić information content (AvgIpc) is 2.74. The first-order valence-corrected chi connectivity index (χ1v) is 4.85. The number of aromatic nitrogens is 1. The molecule has 2 rings (SSSR count). The number of urea groups is 1. The van der Waals surface area contributed by atoms with Crippen molar-refractivity contribution in [2.45, 2.75) is 0 Å². The Bertz CT molecular complexity index is 485. The summed E-state index contributed by atoms with van der Waals surface area (Å²) in [5.74, 6) is 0. The molecule has 0 spiro atoms. The van der Waals surface area contributed by atoms with Gasteiger partial charge in [0.05, 0.1) is 16.9 Å². The smallest absolute Gasteiger partial charge is 0.327 e. The Kier molecular flexibility index (Phi) is 3.07. The predicted molar refractivity (Wildman–Crippen MR) is 60.6 cm³/mol. The monoisotopic (exact) mass is 237 g/mol. The molecule has 16 heavy (non-hydrogen) atoms. The molecule has 0 radical (unpaired) electrons. The number of para-hydroxylation sites is 1. The molecular weight excluding hydrogens is 230 g/mol. The van der Waals surface area contributed by atoms with Crippen molar-refractivity contribution in [3.63, 3.8) is 0 Å². The van der Waals surface area contributed by atoms with Crippen molar-refractivity contribution < 1.29 is 9.21 Å². The highest BCUT2D eigenvalue weighted by Gasteiger charge is 2.06. The summed E-state index contributed by atoms with van der Waals surface area (Å²) < 4.78 is 4.86. The maximum atomic E-state index is 11.5. The second kappa shape index (κ2) is 4.67. The SMILES string of the molecule is O=C(Nc1ncco1)Nc1ccccc1Cl. The van der Waals surface area contributed by atoms with Gasteiger partial charge in [0.1, 0.15) is 6.26 Å². The van der Waals surface area contributed by atoms with E-state index in [-0.39, 0.29) is 6.01 Å². The molecule has 2 aromatic rings. The number of amides is 2. The fourth-order valence-corrected chi connectivity index (χ4v) is 1.28. The number of oxazole rings is 1. The van der Waals surface area contributed by atoms with Gasteiger partial charge in [-0.3, -0.25) is 5.32 Å². The Morgan fingerprint density at radius 3 is 2.81 bits per heavy atom. The summed E-state index contributed by atoms with van der Waals surface area (Å²) in [4.78, 5) is 15.2. The number of hydrogen-bond donors (Lipinski definition) is 2. The molecule has 2 N–H and O–H groups in total. The molecule has 0 aliphatic heterocycles. The van der Waals surface area contributed by atoms with Crippen molar-refractivity contribution in [1.29, 1.82) is 0 Å². The van der Waals surface area contributed by atoms with Gasteiger partial charge in [0.2, 0.25) is 0 Å². The normalized spacial score (nSPS) is 9.81. The van der Waals surface area contributed by atoms with Crippen molar-refractivity contribution in [2.24, 2.45) is 0 Å². The summed E-state index contributed by atoms with van der Waals surface area (Å²) in [6.45, 7) is 0. The molecule has 82 valence electrons. The van der Waals surface area contributed by atoms with E-state index >= 15 is 0 Å². The third-order valence-corrected chi connectivity index (χ3v) is 2.10. The summed E-state index contributed by atoms with van der Waals surface area (Å²) in [6, 6.07) is 6.59. The molecular formula is C10H8ClN3O2. The van der Waals surface area contributed by atoms with Crippen LogP contribution in [0.2, 0.25) is 5.02 Å². The Balaban J connectivity index is 2.00. The number of benzene rings is 1. The molecule has 1 aromatic carbocycles. The predicted octanol–water partition coefficient (Wildman–Crippen LogP) is 2.97. The molecule has 6 heteroatoms. The van der Waals surface area contributed by atoms with Crippen molar-refractivity contribution in [3.05, 3.63) is 41.7 Å². The van der Waals surface area contributed by atoms with Crippen LogP contribution in [-0.2, 0) is 0 Å². The van der Waals surface area contributed by atoms with Gasteiger partial charge in [-0.15, -0.1) is 0 Å². The zero-order valence-corrected chi connectivity index (χ0v) is 8.86. The molecule has 0 unspecified atom stereocenters. The molecule has 2 amide bonds. The van der Waals surface area contributed by atoms with Gasteiger partial charge in [-0.25, -0.2) is 9.78 Å². The van der Waals surface area contributed by atoms with E-state index in [1.54, 1.807) is 24.3 Å². The largest absolute Gasteiger partial charge is 0.432 e. The van der Waals surface area contributed by atoms with E-state index in [0.717, 1.165) is 0 Å². The molecule has 0 saturated heterocycles. The maximum Gasteiger partial charge on any atom is 0.327 e. The minimum Gasteiger partial charge on any atom is -0.432 e. The minimum absolute atomic E-state index is 0.129. The van der Waals surface area contributed by atoms with Gasteiger partial charge in [-0.05, 0) is 12.1 Å². The molecule has 1 heterocycles. The van der Waals surface area contributed by atoms with Crippen LogP contribution in [0.15, 0.2) is 41.1 Å². The van der Waals surface area contributed by atoms with Crippen LogP contribution in [0.4, 0.5) is 16.5 Å². The number of nitrogens with one attached hydrogen (secondary N) is 2. The summed E-state index contributed by atoms with van der Waals surface area (Å²) in [7, 11) is 0. The quantitative estimate of drug-likeness (QED) is 0.844. The lowest BCUT2D eigenvalue weighted by molar-refractivity contribution is 0.261. The van der Waals surface area contributed by atoms with E-state index < -0.39 is 6.03 Å². The van der Waals surface area contributed by atoms with Crippen molar-refractivity contribution in [2.75, 3.05) is 10.6 Å². The number of anilines is 2. The number of carbonyl (C=O) groups excluding carboxylic acids is 1. The van der Waals surface area contributed by atoms with E-state index in [1.165, 1.54) is 12.5 Å². The fourth-order valence-electron chi connectivity index (χ4n) is 1.10. The Hall–Kier alpha value is -2.01.